The lowest BCUT2D eigenvalue weighted by Gasteiger charge is -2.36. The summed E-state index contributed by atoms with van der Waals surface area (Å²) >= 11 is 12.2. The van der Waals surface area contributed by atoms with Gasteiger partial charge in [-0.15, -0.1) is 0 Å². The van der Waals surface area contributed by atoms with Gasteiger partial charge in [-0.1, -0.05) is 29.3 Å². The van der Waals surface area contributed by atoms with Crippen molar-refractivity contribution in [1.82, 2.24) is 14.6 Å². The number of nitrogens with one attached hydrogen (secondary N) is 1. The molecule has 0 unspecified atom stereocenters. The van der Waals surface area contributed by atoms with Crippen LogP contribution in [0.25, 0.3) is 0 Å². The molecule has 7 nitrogen and oxygen atoms in total. The van der Waals surface area contributed by atoms with Crippen LogP contribution >= 0.6 is 23.2 Å². The molecule has 1 aromatic carbocycles. The Labute approximate surface area is 193 Å². The van der Waals surface area contributed by atoms with Crippen LogP contribution in [0.1, 0.15) is 36.7 Å². The third-order valence-electron chi connectivity index (χ3n) is 4.85. The second kappa shape index (κ2) is 8.94. The molecule has 1 amide bonds. The molecule has 1 aliphatic heterocycles. The van der Waals surface area contributed by atoms with Crippen LogP contribution in [-0.4, -0.2) is 55.9 Å². The highest BCUT2D eigenvalue weighted by molar-refractivity contribution is 7.89. The van der Waals surface area contributed by atoms with Crippen LogP contribution in [0.2, 0.25) is 10.0 Å². The van der Waals surface area contributed by atoms with Gasteiger partial charge in [0.05, 0.1) is 14.9 Å². The molecule has 1 aromatic heterocycles. The third kappa shape index (κ3) is 5.68. The molecule has 2 heterocycles. The van der Waals surface area contributed by atoms with Crippen molar-refractivity contribution in [2.24, 2.45) is 0 Å². The first-order valence-electron chi connectivity index (χ1n) is 9.87. The summed E-state index contributed by atoms with van der Waals surface area (Å²) in [5, 5.41) is 0.932. The number of rotatable bonds is 4. The summed E-state index contributed by atoms with van der Waals surface area (Å²) in [6, 6.07) is 6.28. The van der Waals surface area contributed by atoms with Gasteiger partial charge in [0.2, 0.25) is 10.0 Å². The number of piperazine rings is 1. The fourth-order valence-corrected chi connectivity index (χ4v) is 5.34. The number of halogens is 2. The summed E-state index contributed by atoms with van der Waals surface area (Å²) < 4.78 is 28.0. The van der Waals surface area contributed by atoms with E-state index in [-0.39, 0.29) is 10.8 Å². The van der Waals surface area contributed by atoms with Crippen molar-refractivity contribution in [2.45, 2.75) is 38.1 Å². The zero-order valence-electron chi connectivity index (χ0n) is 17.9. The first-order chi connectivity index (χ1) is 14.4. The van der Waals surface area contributed by atoms with Crippen molar-refractivity contribution in [2.75, 3.05) is 31.1 Å². The van der Waals surface area contributed by atoms with Crippen molar-refractivity contribution >= 4 is 45.0 Å². The van der Waals surface area contributed by atoms with Gasteiger partial charge in [-0.05, 0) is 51.5 Å². The molecule has 0 saturated carbocycles. The van der Waals surface area contributed by atoms with Crippen LogP contribution in [0.3, 0.4) is 0 Å². The molecular weight excluding hydrogens is 459 g/mol. The maximum Gasteiger partial charge on any atom is 0.254 e. The molecule has 168 valence electrons. The lowest BCUT2D eigenvalue weighted by atomic mass is 10.1. The van der Waals surface area contributed by atoms with Crippen molar-refractivity contribution in [3.8, 4) is 0 Å². The van der Waals surface area contributed by atoms with Crippen LogP contribution in [0, 0.1) is 6.92 Å². The Bertz CT molecular complexity index is 1090. The molecule has 0 spiro atoms. The van der Waals surface area contributed by atoms with Gasteiger partial charge in [0, 0.05) is 43.5 Å². The maximum atomic E-state index is 13.2. The number of pyridine rings is 1. The van der Waals surface area contributed by atoms with E-state index in [2.05, 4.69) is 9.71 Å². The number of aromatic nitrogens is 1. The number of nitrogens with zero attached hydrogens (tertiary/aromatic N) is 3. The van der Waals surface area contributed by atoms with E-state index in [9.17, 15) is 13.2 Å². The fourth-order valence-electron chi connectivity index (χ4n) is 3.39. The number of anilines is 1. The number of hydrogen-bond acceptors (Lipinski definition) is 5. The summed E-state index contributed by atoms with van der Waals surface area (Å²) in [4.78, 5) is 21.3. The SMILES string of the molecule is Cc1ccc(S(=O)(=O)NC(C)(C)C)cc1C(=O)N1CCN(c2ncc(Cl)cc2Cl)CC1. The first kappa shape index (κ1) is 23.8. The van der Waals surface area contributed by atoms with E-state index in [1.807, 2.05) is 4.90 Å². The largest absolute Gasteiger partial charge is 0.352 e. The summed E-state index contributed by atoms with van der Waals surface area (Å²) in [6.45, 7) is 9.16. The zero-order valence-corrected chi connectivity index (χ0v) is 20.3. The minimum absolute atomic E-state index is 0.0761. The molecule has 0 aliphatic carbocycles. The average Bonchev–Trinajstić information content (AvgIpc) is 2.66. The summed E-state index contributed by atoms with van der Waals surface area (Å²) in [5.74, 6) is 0.441. The summed E-state index contributed by atoms with van der Waals surface area (Å²) in [7, 11) is -3.74. The maximum absolute atomic E-state index is 13.2. The van der Waals surface area contributed by atoms with Gasteiger partial charge in [0.25, 0.3) is 5.91 Å². The van der Waals surface area contributed by atoms with Gasteiger partial charge in [-0.25, -0.2) is 18.1 Å². The summed E-state index contributed by atoms with van der Waals surface area (Å²) in [6.07, 6.45) is 1.54. The fraction of sp³-hybridized carbons (Fsp3) is 0.429. The normalized spacial score (nSPS) is 15.3. The number of benzene rings is 1. The van der Waals surface area contributed by atoms with E-state index in [4.69, 9.17) is 23.2 Å². The van der Waals surface area contributed by atoms with Crippen molar-refractivity contribution < 1.29 is 13.2 Å². The molecule has 2 aromatic rings. The lowest BCUT2D eigenvalue weighted by molar-refractivity contribution is 0.0745. The zero-order chi connectivity index (χ0) is 23.0. The molecule has 3 rings (SSSR count). The Hall–Kier alpha value is -1.87. The van der Waals surface area contributed by atoms with E-state index in [1.54, 1.807) is 50.9 Å². The Balaban J connectivity index is 1.76. The third-order valence-corrected chi connectivity index (χ3v) is 7.09. The standard InChI is InChI=1S/C21H26Cl2N4O3S/c1-14-5-6-16(31(29,30)25-21(2,3)4)12-17(14)20(28)27-9-7-26(8-10-27)19-18(23)11-15(22)13-24-19/h5-6,11-13,25H,7-10H2,1-4H3. The number of amides is 1. The van der Waals surface area contributed by atoms with E-state index in [1.165, 1.54) is 12.1 Å². The number of carbonyl (C=O) groups is 1. The molecule has 10 heteroatoms. The van der Waals surface area contributed by atoms with Crippen molar-refractivity contribution in [1.29, 1.82) is 0 Å². The molecule has 1 aliphatic rings. The van der Waals surface area contributed by atoms with E-state index >= 15 is 0 Å². The number of aryl methyl sites for hydroxylation is 1. The molecule has 1 N–H and O–H groups in total. The Morgan fingerprint density at radius 3 is 2.32 bits per heavy atom. The van der Waals surface area contributed by atoms with Crippen molar-refractivity contribution in [3.05, 3.63) is 51.6 Å². The van der Waals surface area contributed by atoms with Crippen LogP contribution in [0.5, 0.6) is 0 Å². The van der Waals surface area contributed by atoms with Crippen LogP contribution < -0.4 is 9.62 Å². The second-order valence-corrected chi connectivity index (χ2v) is 11.1. The van der Waals surface area contributed by atoms with Crippen molar-refractivity contribution in [3.63, 3.8) is 0 Å². The first-order valence-corrected chi connectivity index (χ1v) is 12.1. The van der Waals surface area contributed by atoms with Gasteiger partial charge >= 0.3 is 0 Å². The number of carbonyl (C=O) groups excluding carboxylic acids is 1. The Morgan fingerprint density at radius 2 is 1.74 bits per heavy atom. The van der Waals surface area contributed by atoms with Crippen LogP contribution in [0.4, 0.5) is 5.82 Å². The van der Waals surface area contributed by atoms with Crippen LogP contribution in [-0.2, 0) is 10.0 Å². The molecule has 0 atom stereocenters. The minimum atomic E-state index is -3.74. The predicted molar refractivity (Wildman–Crippen MR) is 124 cm³/mol. The van der Waals surface area contributed by atoms with E-state index < -0.39 is 15.6 Å². The highest BCUT2D eigenvalue weighted by Gasteiger charge is 2.27. The van der Waals surface area contributed by atoms with Crippen LogP contribution in [0.15, 0.2) is 35.4 Å². The van der Waals surface area contributed by atoms with Gasteiger partial charge in [0.15, 0.2) is 0 Å². The molecule has 1 saturated heterocycles. The quantitative estimate of drug-likeness (QED) is 0.714. The average molecular weight is 485 g/mol. The van der Waals surface area contributed by atoms with Gasteiger partial charge in [-0.2, -0.15) is 0 Å². The topological polar surface area (TPSA) is 82.6 Å². The molecule has 1 fully saturated rings. The lowest BCUT2D eigenvalue weighted by Crippen LogP contribution is -2.49. The number of hydrogen-bond donors (Lipinski definition) is 1. The number of sulfonamides is 1. The molecule has 0 bridgehead atoms. The minimum Gasteiger partial charge on any atom is -0.352 e. The molecule has 0 radical (unpaired) electrons. The molecular formula is C21H26Cl2N4O3S. The van der Waals surface area contributed by atoms with Gasteiger partial charge in [0.1, 0.15) is 5.82 Å². The van der Waals surface area contributed by atoms with Gasteiger partial charge in [-0.3, -0.25) is 4.79 Å². The highest BCUT2D eigenvalue weighted by atomic mass is 35.5. The molecule has 31 heavy (non-hydrogen) atoms. The van der Waals surface area contributed by atoms with Gasteiger partial charge < -0.3 is 9.80 Å². The van der Waals surface area contributed by atoms with E-state index in [0.717, 1.165) is 5.56 Å². The Kier molecular flexibility index (Phi) is 6.86. The monoisotopic (exact) mass is 484 g/mol. The summed E-state index contributed by atoms with van der Waals surface area (Å²) in [5.41, 5.74) is 0.485. The smallest absolute Gasteiger partial charge is 0.254 e. The second-order valence-electron chi connectivity index (χ2n) is 8.57. The Morgan fingerprint density at radius 1 is 1.10 bits per heavy atom. The highest BCUT2D eigenvalue weighted by Crippen LogP contribution is 2.27. The van der Waals surface area contributed by atoms with E-state index in [0.29, 0.717) is 47.6 Å². The predicted octanol–water partition coefficient (Wildman–Crippen LogP) is 3.74.